The lowest BCUT2D eigenvalue weighted by atomic mass is 9.92. The normalized spacial score (nSPS) is 21.6. The molecule has 0 spiro atoms. The molecule has 19 heavy (non-hydrogen) atoms. The van der Waals surface area contributed by atoms with E-state index in [0.717, 1.165) is 19.1 Å². The van der Waals surface area contributed by atoms with Crippen molar-refractivity contribution in [2.45, 2.75) is 25.1 Å². The summed E-state index contributed by atoms with van der Waals surface area (Å²) < 4.78 is 43.3. The minimum absolute atomic E-state index is 0.158. The zero-order valence-corrected chi connectivity index (χ0v) is 10.8. The van der Waals surface area contributed by atoms with Gasteiger partial charge in [0.25, 0.3) is 0 Å². The van der Waals surface area contributed by atoms with Crippen LogP contribution in [0.2, 0.25) is 0 Å². The molecule has 1 aromatic rings. The van der Waals surface area contributed by atoms with E-state index in [2.05, 4.69) is 5.32 Å². The quantitative estimate of drug-likeness (QED) is 0.910. The molecular formula is C14H18F3NO. The minimum atomic E-state index is -4.28. The van der Waals surface area contributed by atoms with E-state index in [1.54, 1.807) is 6.07 Å². The fourth-order valence-corrected chi connectivity index (χ4v) is 2.50. The Morgan fingerprint density at radius 2 is 2.21 bits per heavy atom. The molecule has 0 aliphatic carbocycles. The lowest BCUT2D eigenvalue weighted by molar-refractivity contribution is -0.137. The number of hydrogen-bond donors (Lipinski definition) is 1. The molecule has 1 aromatic carbocycles. The van der Waals surface area contributed by atoms with Crippen LogP contribution in [-0.2, 0) is 17.3 Å². The van der Waals surface area contributed by atoms with Crippen LogP contribution in [0.25, 0.3) is 0 Å². The molecule has 1 aliphatic heterocycles. The Kier molecular flexibility index (Phi) is 4.47. The summed E-state index contributed by atoms with van der Waals surface area (Å²) in [5, 5.41) is 3.19. The molecule has 2 unspecified atom stereocenters. The summed E-state index contributed by atoms with van der Waals surface area (Å²) in [6.07, 6.45) is -2.72. The second kappa shape index (κ2) is 5.92. The van der Waals surface area contributed by atoms with Crippen molar-refractivity contribution >= 4 is 0 Å². The van der Waals surface area contributed by atoms with Gasteiger partial charge in [-0.15, -0.1) is 0 Å². The van der Waals surface area contributed by atoms with Crippen molar-refractivity contribution < 1.29 is 17.9 Å². The van der Waals surface area contributed by atoms with Gasteiger partial charge in [-0.1, -0.05) is 18.2 Å². The Morgan fingerprint density at radius 1 is 1.42 bits per heavy atom. The van der Waals surface area contributed by atoms with Gasteiger partial charge in [-0.2, -0.15) is 13.2 Å². The highest BCUT2D eigenvalue weighted by atomic mass is 19.4. The van der Waals surface area contributed by atoms with E-state index in [4.69, 9.17) is 4.74 Å². The fraction of sp³-hybridized carbons (Fsp3) is 0.571. The van der Waals surface area contributed by atoms with Crippen LogP contribution < -0.4 is 5.32 Å². The standard InChI is InChI=1S/C14H18F3NO/c1-18-13(11-5-6-19-9-11)8-10-3-2-4-12(7-10)14(15,16)17/h2-4,7,11,13,18H,5-6,8-9H2,1H3. The van der Waals surface area contributed by atoms with Gasteiger partial charge in [0, 0.05) is 18.6 Å². The van der Waals surface area contributed by atoms with Crippen LogP contribution in [0, 0.1) is 5.92 Å². The van der Waals surface area contributed by atoms with Crippen molar-refractivity contribution in [3.05, 3.63) is 35.4 Å². The summed E-state index contributed by atoms with van der Waals surface area (Å²) >= 11 is 0. The van der Waals surface area contributed by atoms with Gasteiger partial charge in [-0.05, 0) is 31.5 Å². The predicted molar refractivity (Wildman–Crippen MR) is 66.9 cm³/mol. The number of nitrogens with one attached hydrogen (secondary N) is 1. The topological polar surface area (TPSA) is 21.3 Å². The maximum Gasteiger partial charge on any atom is 0.416 e. The van der Waals surface area contributed by atoms with Crippen molar-refractivity contribution in [3.63, 3.8) is 0 Å². The Labute approximate surface area is 111 Å². The maximum absolute atomic E-state index is 12.7. The van der Waals surface area contributed by atoms with Crippen LogP contribution in [0.1, 0.15) is 17.5 Å². The molecular weight excluding hydrogens is 255 g/mol. The van der Waals surface area contributed by atoms with Crippen LogP contribution in [0.5, 0.6) is 0 Å². The molecule has 1 N–H and O–H groups in total. The highest BCUT2D eigenvalue weighted by Gasteiger charge is 2.31. The average Bonchev–Trinajstić information content (AvgIpc) is 2.89. The van der Waals surface area contributed by atoms with Gasteiger partial charge in [0.15, 0.2) is 0 Å². The van der Waals surface area contributed by atoms with Crippen LogP contribution >= 0.6 is 0 Å². The van der Waals surface area contributed by atoms with E-state index in [-0.39, 0.29) is 6.04 Å². The average molecular weight is 273 g/mol. The third kappa shape index (κ3) is 3.70. The SMILES string of the molecule is CNC(Cc1cccc(C(F)(F)F)c1)C1CCOC1. The Bertz CT molecular complexity index is 413. The molecule has 1 fully saturated rings. The van der Waals surface area contributed by atoms with Gasteiger partial charge >= 0.3 is 6.18 Å². The lowest BCUT2D eigenvalue weighted by Crippen LogP contribution is -2.36. The Hall–Kier alpha value is -1.07. The van der Waals surface area contributed by atoms with E-state index >= 15 is 0 Å². The Balaban J connectivity index is 2.09. The molecule has 106 valence electrons. The first-order valence-corrected chi connectivity index (χ1v) is 6.42. The molecule has 0 aromatic heterocycles. The summed E-state index contributed by atoms with van der Waals surface area (Å²) in [6.45, 7) is 1.43. The number of benzene rings is 1. The van der Waals surface area contributed by atoms with Crippen LogP contribution in [0.15, 0.2) is 24.3 Å². The molecule has 0 bridgehead atoms. The minimum Gasteiger partial charge on any atom is -0.381 e. The third-order valence-electron chi connectivity index (χ3n) is 3.61. The van der Waals surface area contributed by atoms with Gasteiger partial charge in [0.2, 0.25) is 0 Å². The molecule has 1 aliphatic rings. The second-order valence-electron chi connectivity index (χ2n) is 4.92. The number of likely N-dealkylation sites (N-methyl/N-ethyl adjacent to an activating group) is 1. The first-order valence-electron chi connectivity index (χ1n) is 6.42. The van der Waals surface area contributed by atoms with Gasteiger partial charge in [-0.3, -0.25) is 0 Å². The summed E-state index contributed by atoms with van der Waals surface area (Å²) in [6, 6.07) is 5.72. The fourth-order valence-electron chi connectivity index (χ4n) is 2.50. The van der Waals surface area contributed by atoms with Gasteiger partial charge in [-0.25, -0.2) is 0 Å². The molecule has 0 radical (unpaired) electrons. The monoisotopic (exact) mass is 273 g/mol. The molecule has 0 amide bonds. The van der Waals surface area contributed by atoms with Crippen molar-refractivity contribution in [1.82, 2.24) is 5.32 Å². The largest absolute Gasteiger partial charge is 0.416 e. The zero-order chi connectivity index (χ0) is 13.9. The zero-order valence-electron chi connectivity index (χ0n) is 10.8. The highest BCUT2D eigenvalue weighted by molar-refractivity contribution is 5.26. The van der Waals surface area contributed by atoms with Crippen molar-refractivity contribution in [2.75, 3.05) is 20.3 Å². The first-order chi connectivity index (χ1) is 9.00. The maximum atomic E-state index is 12.7. The molecule has 1 heterocycles. The molecule has 1 saturated heterocycles. The molecule has 0 saturated carbocycles. The number of rotatable bonds is 4. The van der Waals surface area contributed by atoms with Crippen LogP contribution in [0.3, 0.4) is 0 Å². The highest BCUT2D eigenvalue weighted by Crippen LogP contribution is 2.30. The van der Waals surface area contributed by atoms with Crippen molar-refractivity contribution in [2.24, 2.45) is 5.92 Å². The van der Waals surface area contributed by atoms with Gasteiger partial charge < -0.3 is 10.1 Å². The van der Waals surface area contributed by atoms with Gasteiger partial charge in [0.1, 0.15) is 0 Å². The van der Waals surface area contributed by atoms with Crippen LogP contribution in [-0.4, -0.2) is 26.3 Å². The van der Waals surface area contributed by atoms with E-state index in [1.165, 1.54) is 12.1 Å². The van der Waals surface area contributed by atoms with E-state index in [9.17, 15) is 13.2 Å². The first kappa shape index (κ1) is 14.3. The number of halogens is 3. The smallest absolute Gasteiger partial charge is 0.381 e. The number of hydrogen-bond acceptors (Lipinski definition) is 2. The molecule has 2 nitrogen and oxygen atoms in total. The van der Waals surface area contributed by atoms with Gasteiger partial charge in [0.05, 0.1) is 12.2 Å². The molecule has 2 rings (SSSR count). The molecule has 5 heteroatoms. The third-order valence-corrected chi connectivity index (χ3v) is 3.61. The lowest BCUT2D eigenvalue weighted by Gasteiger charge is -2.22. The summed E-state index contributed by atoms with van der Waals surface area (Å²) in [5.41, 5.74) is 0.128. The Morgan fingerprint density at radius 3 is 2.79 bits per heavy atom. The summed E-state index contributed by atoms with van der Waals surface area (Å²) in [5.74, 6) is 0.375. The van der Waals surface area contributed by atoms with Crippen molar-refractivity contribution in [3.8, 4) is 0 Å². The second-order valence-corrected chi connectivity index (χ2v) is 4.92. The van der Waals surface area contributed by atoms with E-state index < -0.39 is 11.7 Å². The van der Waals surface area contributed by atoms with E-state index in [0.29, 0.717) is 24.5 Å². The summed E-state index contributed by atoms with van der Waals surface area (Å²) in [7, 11) is 1.84. The van der Waals surface area contributed by atoms with Crippen molar-refractivity contribution in [1.29, 1.82) is 0 Å². The predicted octanol–water partition coefficient (Wildman–Crippen LogP) is 2.87. The summed E-state index contributed by atoms with van der Waals surface area (Å²) in [4.78, 5) is 0. The molecule has 2 atom stereocenters. The number of ether oxygens (including phenoxy) is 1. The van der Waals surface area contributed by atoms with Crippen LogP contribution in [0.4, 0.5) is 13.2 Å². The van der Waals surface area contributed by atoms with E-state index in [1.807, 2.05) is 7.05 Å². The number of alkyl halides is 3.